The first-order valence-electron chi connectivity index (χ1n) is 8.73. The molecule has 6 nitrogen and oxygen atoms in total. The SMILES string of the molecule is C=C/C=C(\C)N(CC(=O)N(CC(=O)NCc1cccc(Cl)c1F)C(C)C)N=C. The number of benzene rings is 1. The van der Waals surface area contributed by atoms with E-state index in [0.29, 0.717) is 5.70 Å². The number of rotatable bonds is 10. The van der Waals surface area contributed by atoms with E-state index >= 15 is 0 Å². The highest BCUT2D eigenvalue weighted by atomic mass is 35.5. The van der Waals surface area contributed by atoms with Crippen LogP contribution < -0.4 is 5.32 Å². The van der Waals surface area contributed by atoms with Crippen LogP contribution in [0.3, 0.4) is 0 Å². The van der Waals surface area contributed by atoms with Gasteiger partial charge >= 0.3 is 0 Å². The topological polar surface area (TPSA) is 65.0 Å². The highest BCUT2D eigenvalue weighted by Crippen LogP contribution is 2.17. The van der Waals surface area contributed by atoms with Crippen LogP contribution in [0.15, 0.2) is 47.7 Å². The number of nitrogens with zero attached hydrogens (tertiary/aromatic N) is 3. The van der Waals surface area contributed by atoms with Gasteiger partial charge in [0.05, 0.1) is 11.6 Å². The highest BCUT2D eigenvalue weighted by molar-refractivity contribution is 6.30. The molecule has 1 aromatic rings. The van der Waals surface area contributed by atoms with Crippen molar-refractivity contribution in [1.82, 2.24) is 15.2 Å². The summed E-state index contributed by atoms with van der Waals surface area (Å²) in [5.74, 6) is -1.26. The molecule has 1 aromatic carbocycles. The molecule has 0 aliphatic rings. The number of amides is 2. The Balaban J connectivity index is 2.75. The van der Waals surface area contributed by atoms with Crippen molar-refractivity contribution in [2.24, 2.45) is 5.10 Å². The van der Waals surface area contributed by atoms with Crippen molar-refractivity contribution in [2.75, 3.05) is 13.1 Å². The molecule has 0 aromatic heterocycles. The van der Waals surface area contributed by atoms with Gasteiger partial charge in [0.2, 0.25) is 11.8 Å². The first kappa shape index (κ1) is 23.4. The second-order valence-electron chi connectivity index (χ2n) is 6.35. The van der Waals surface area contributed by atoms with Gasteiger partial charge in [0.1, 0.15) is 12.4 Å². The van der Waals surface area contributed by atoms with Gasteiger partial charge in [0.15, 0.2) is 0 Å². The van der Waals surface area contributed by atoms with Gasteiger partial charge < -0.3 is 10.2 Å². The number of hydrogen-bond acceptors (Lipinski definition) is 4. The molecule has 0 spiro atoms. The van der Waals surface area contributed by atoms with Gasteiger partial charge in [-0.25, -0.2) is 4.39 Å². The minimum atomic E-state index is -0.571. The fourth-order valence-electron chi connectivity index (χ4n) is 2.41. The molecule has 0 radical (unpaired) electrons. The van der Waals surface area contributed by atoms with Gasteiger partial charge in [0, 0.05) is 30.6 Å². The first-order valence-corrected chi connectivity index (χ1v) is 9.11. The summed E-state index contributed by atoms with van der Waals surface area (Å²) in [6.45, 7) is 12.2. The number of allylic oxidation sites excluding steroid dienone is 3. The fraction of sp³-hybridized carbons (Fsp3) is 0.350. The predicted molar refractivity (Wildman–Crippen MR) is 110 cm³/mol. The molecule has 152 valence electrons. The van der Waals surface area contributed by atoms with Crippen molar-refractivity contribution in [2.45, 2.75) is 33.4 Å². The van der Waals surface area contributed by atoms with E-state index in [9.17, 15) is 14.0 Å². The van der Waals surface area contributed by atoms with Crippen LogP contribution in [0.4, 0.5) is 4.39 Å². The normalized spacial score (nSPS) is 11.1. The lowest BCUT2D eigenvalue weighted by Crippen LogP contribution is -2.47. The third-order valence-electron chi connectivity index (χ3n) is 3.99. The van der Waals surface area contributed by atoms with E-state index in [1.54, 1.807) is 39.0 Å². The lowest BCUT2D eigenvalue weighted by molar-refractivity contribution is -0.138. The molecule has 2 amide bonds. The van der Waals surface area contributed by atoms with Crippen molar-refractivity contribution in [3.63, 3.8) is 0 Å². The quantitative estimate of drug-likeness (QED) is 0.367. The molecule has 8 heteroatoms. The Labute approximate surface area is 170 Å². The van der Waals surface area contributed by atoms with Crippen LogP contribution in [-0.4, -0.2) is 47.6 Å². The van der Waals surface area contributed by atoms with Crippen molar-refractivity contribution >= 4 is 30.1 Å². The van der Waals surface area contributed by atoms with Gasteiger partial charge in [0.25, 0.3) is 0 Å². The van der Waals surface area contributed by atoms with Gasteiger partial charge in [-0.1, -0.05) is 36.4 Å². The fourth-order valence-corrected chi connectivity index (χ4v) is 2.60. The van der Waals surface area contributed by atoms with Crippen LogP contribution in [0.2, 0.25) is 5.02 Å². The molecule has 0 aliphatic carbocycles. The van der Waals surface area contributed by atoms with Crippen LogP contribution in [0, 0.1) is 5.82 Å². The second kappa shape index (κ2) is 11.2. The molecule has 0 heterocycles. The van der Waals surface area contributed by atoms with E-state index in [1.807, 2.05) is 0 Å². The van der Waals surface area contributed by atoms with Crippen LogP contribution >= 0.6 is 11.6 Å². The first-order chi connectivity index (χ1) is 13.2. The van der Waals surface area contributed by atoms with E-state index in [-0.39, 0.29) is 42.2 Å². The third kappa shape index (κ3) is 6.81. The Bertz CT molecular complexity index is 765. The zero-order valence-corrected chi connectivity index (χ0v) is 17.2. The van der Waals surface area contributed by atoms with E-state index < -0.39 is 11.7 Å². The van der Waals surface area contributed by atoms with Crippen molar-refractivity contribution in [3.05, 3.63) is 59.0 Å². The predicted octanol–water partition coefficient (Wildman–Crippen LogP) is 3.34. The minimum absolute atomic E-state index is 0.00861. The van der Waals surface area contributed by atoms with Crippen molar-refractivity contribution in [1.29, 1.82) is 0 Å². The number of nitrogens with one attached hydrogen (secondary N) is 1. The molecule has 0 aliphatic heterocycles. The molecule has 0 saturated carbocycles. The van der Waals surface area contributed by atoms with Gasteiger partial charge in [-0.05, 0) is 32.9 Å². The average Bonchev–Trinajstić information content (AvgIpc) is 2.64. The molecule has 0 unspecified atom stereocenters. The summed E-state index contributed by atoms with van der Waals surface area (Å²) in [5.41, 5.74) is 0.971. The molecular formula is C20H26ClFN4O2. The maximum atomic E-state index is 13.9. The van der Waals surface area contributed by atoms with E-state index in [1.165, 1.54) is 22.0 Å². The summed E-state index contributed by atoms with van der Waals surface area (Å²) in [6, 6.07) is 4.36. The molecule has 0 saturated heterocycles. The maximum Gasteiger partial charge on any atom is 0.245 e. The summed E-state index contributed by atoms with van der Waals surface area (Å²) in [5, 5.41) is 7.86. The Morgan fingerprint density at radius 3 is 2.61 bits per heavy atom. The van der Waals surface area contributed by atoms with E-state index in [2.05, 4.69) is 23.7 Å². The number of hydrogen-bond donors (Lipinski definition) is 1. The van der Waals surface area contributed by atoms with Crippen molar-refractivity contribution < 1.29 is 14.0 Å². The third-order valence-corrected chi connectivity index (χ3v) is 4.28. The smallest absolute Gasteiger partial charge is 0.245 e. The van der Waals surface area contributed by atoms with Gasteiger partial charge in [-0.15, -0.1) is 0 Å². The summed E-state index contributed by atoms with van der Waals surface area (Å²) in [4.78, 5) is 26.4. The Morgan fingerprint density at radius 2 is 2.04 bits per heavy atom. The van der Waals surface area contributed by atoms with Crippen LogP contribution in [0.1, 0.15) is 26.3 Å². The number of hydrazone groups is 1. The average molecular weight is 409 g/mol. The number of halogens is 2. The van der Waals surface area contributed by atoms with Gasteiger partial charge in [-0.2, -0.15) is 5.10 Å². The number of carbonyl (C=O) groups is 2. The molecule has 1 N–H and O–H groups in total. The summed E-state index contributed by atoms with van der Waals surface area (Å²) >= 11 is 5.74. The molecular weight excluding hydrogens is 383 g/mol. The van der Waals surface area contributed by atoms with Gasteiger partial charge in [-0.3, -0.25) is 14.6 Å². The summed E-state index contributed by atoms with van der Waals surface area (Å²) in [7, 11) is 0. The lowest BCUT2D eigenvalue weighted by atomic mass is 10.2. The summed E-state index contributed by atoms with van der Waals surface area (Å²) < 4.78 is 13.9. The molecule has 0 bridgehead atoms. The molecule has 28 heavy (non-hydrogen) atoms. The zero-order chi connectivity index (χ0) is 21.3. The molecule has 0 atom stereocenters. The Morgan fingerprint density at radius 1 is 1.36 bits per heavy atom. The Hall–Kier alpha value is -2.67. The monoisotopic (exact) mass is 408 g/mol. The zero-order valence-electron chi connectivity index (χ0n) is 16.4. The minimum Gasteiger partial charge on any atom is -0.350 e. The van der Waals surface area contributed by atoms with E-state index in [0.717, 1.165) is 0 Å². The van der Waals surface area contributed by atoms with E-state index in [4.69, 9.17) is 11.6 Å². The van der Waals surface area contributed by atoms with Crippen LogP contribution in [0.25, 0.3) is 0 Å². The number of carbonyl (C=O) groups excluding carboxylic acids is 2. The maximum absolute atomic E-state index is 13.9. The second-order valence-corrected chi connectivity index (χ2v) is 6.76. The highest BCUT2D eigenvalue weighted by Gasteiger charge is 2.22. The molecule has 0 fully saturated rings. The standard InChI is InChI=1S/C20H26ClFN4O2/c1-6-8-15(4)26(23-5)13-19(28)25(14(2)3)12-18(27)24-11-16-9-7-10-17(21)20(16)22/h6-10,14H,1,5,11-13H2,2-4H3,(H,24,27)/b15-8+. The Kier molecular flexibility index (Phi) is 9.38. The lowest BCUT2D eigenvalue weighted by Gasteiger charge is -2.28. The summed E-state index contributed by atoms with van der Waals surface area (Å²) in [6.07, 6.45) is 3.29. The largest absolute Gasteiger partial charge is 0.350 e. The molecule has 1 rings (SSSR count). The van der Waals surface area contributed by atoms with Crippen LogP contribution in [0.5, 0.6) is 0 Å². The van der Waals surface area contributed by atoms with Crippen LogP contribution in [-0.2, 0) is 16.1 Å². The van der Waals surface area contributed by atoms with Crippen molar-refractivity contribution in [3.8, 4) is 0 Å².